The van der Waals surface area contributed by atoms with Gasteiger partial charge in [-0.1, -0.05) is 35.3 Å². The molecular formula is C21H18Cl2N2O4S. The normalized spacial score (nSPS) is 11.2. The highest BCUT2D eigenvalue weighted by Crippen LogP contribution is 2.26. The lowest BCUT2D eigenvalue weighted by molar-refractivity contribution is 0.102. The van der Waals surface area contributed by atoms with Crippen molar-refractivity contribution in [2.75, 3.05) is 10.0 Å². The Morgan fingerprint density at radius 1 is 0.967 bits per heavy atom. The molecule has 3 N–H and O–H groups in total. The highest BCUT2D eigenvalue weighted by Gasteiger charge is 2.20. The first-order chi connectivity index (χ1) is 14.2. The molecule has 0 aliphatic rings. The summed E-state index contributed by atoms with van der Waals surface area (Å²) in [7, 11) is -3.96. The maximum absolute atomic E-state index is 12.9. The van der Waals surface area contributed by atoms with E-state index in [1.165, 1.54) is 42.5 Å². The lowest BCUT2D eigenvalue weighted by Crippen LogP contribution is -2.19. The summed E-state index contributed by atoms with van der Waals surface area (Å²) in [4.78, 5) is 12.9. The van der Waals surface area contributed by atoms with Gasteiger partial charge in [-0.2, -0.15) is 0 Å². The number of hydrogen-bond donors (Lipinski definition) is 3. The second-order valence-electron chi connectivity index (χ2n) is 6.45. The fraction of sp³-hybridized carbons (Fsp3) is 0.0952. The standard InChI is InChI=1S/C21H18Cl2N2O4S/c1-13-14(12-26)3-2-4-19(13)24-21(27)18-11-16(23)7-10-20(18)25-30(28,29)17-8-5-15(22)6-9-17/h2-11,25-26H,12H2,1H3,(H,24,27). The van der Waals surface area contributed by atoms with Crippen molar-refractivity contribution in [3.05, 3.63) is 87.4 Å². The van der Waals surface area contributed by atoms with Gasteiger partial charge in [0.25, 0.3) is 15.9 Å². The molecule has 0 aliphatic carbocycles. The van der Waals surface area contributed by atoms with Crippen molar-refractivity contribution >= 4 is 50.5 Å². The molecule has 3 aromatic rings. The molecule has 1 amide bonds. The summed E-state index contributed by atoms with van der Waals surface area (Å²) in [5, 5.41) is 12.8. The Morgan fingerprint density at radius 3 is 2.30 bits per heavy atom. The number of aliphatic hydroxyl groups excluding tert-OH is 1. The molecular weight excluding hydrogens is 447 g/mol. The zero-order chi connectivity index (χ0) is 21.9. The van der Waals surface area contributed by atoms with Gasteiger partial charge in [-0.05, 0) is 66.6 Å². The molecule has 0 saturated heterocycles. The van der Waals surface area contributed by atoms with Crippen molar-refractivity contribution in [3.63, 3.8) is 0 Å². The van der Waals surface area contributed by atoms with E-state index in [9.17, 15) is 18.3 Å². The van der Waals surface area contributed by atoms with Gasteiger partial charge in [0, 0.05) is 15.7 Å². The summed E-state index contributed by atoms with van der Waals surface area (Å²) in [6.07, 6.45) is 0. The molecule has 6 nitrogen and oxygen atoms in total. The summed E-state index contributed by atoms with van der Waals surface area (Å²) in [6.45, 7) is 1.60. The van der Waals surface area contributed by atoms with Crippen molar-refractivity contribution < 1.29 is 18.3 Å². The fourth-order valence-electron chi connectivity index (χ4n) is 2.79. The van der Waals surface area contributed by atoms with Crippen LogP contribution < -0.4 is 10.0 Å². The number of amides is 1. The van der Waals surface area contributed by atoms with Crippen LogP contribution in [0, 0.1) is 6.92 Å². The van der Waals surface area contributed by atoms with Crippen molar-refractivity contribution in [2.24, 2.45) is 0 Å². The summed E-state index contributed by atoms with van der Waals surface area (Å²) >= 11 is 11.9. The second-order valence-corrected chi connectivity index (χ2v) is 9.01. The molecule has 30 heavy (non-hydrogen) atoms. The quantitative estimate of drug-likeness (QED) is 0.485. The molecule has 0 atom stereocenters. The summed E-state index contributed by atoms with van der Waals surface area (Å²) in [5.41, 5.74) is 2.00. The average Bonchev–Trinajstić information content (AvgIpc) is 2.71. The molecule has 0 fully saturated rings. The third-order valence-corrected chi connectivity index (χ3v) is 6.33. The van der Waals surface area contributed by atoms with Crippen LogP contribution in [0.15, 0.2) is 65.6 Å². The van der Waals surface area contributed by atoms with Crippen molar-refractivity contribution in [3.8, 4) is 0 Å². The van der Waals surface area contributed by atoms with E-state index >= 15 is 0 Å². The predicted molar refractivity (Wildman–Crippen MR) is 119 cm³/mol. The van der Waals surface area contributed by atoms with Gasteiger partial charge < -0.3 is 10.4 Å². The first kappa shape index (κ1) is 22.1. The molecule has 0 bridgehead atoms. The number of rotatable bonds is 6. The first-order valence-corrected chi connectivity index (χ1v) is 11.0. The maximum atomic E-state index is 12.9. The monoisotopic (exact) mass is 464 g/mol. The van der Waals surface area contributed by atoms with Crippen LogP contribution in [-0.2, 0) is 16.6 Å². The topological polar surface area (TPSA) is 95.5 Å². The van der Waals surface area contributed by atoms with E-state index in [0.717, 1.165) is 0 Å². The van der Waals surface area contributed by atoms with Gasteiger partial charge in [0.1, 0.15) is 0 Å². The Kier molecular flexibility index (Phi) is 6.67. The summed E-state index contributed by atoms with van der Waals surface area (Å²) < 4.78 is 27.9. The molecule has 0 spiro atoms. The number of halogens is 2. The Bertz CT molecular complexity index is 1200. The number of carbonyl (C=O) groups is 1. The molecule has 3 rings (SSSR count). The number of carbonyl (C=O) groups excluding carboxylic acids is 1. The van der Waals surface area contributed by atoms with Crippen LogP contribution in [0.3, 0.4) is 0 Å². The minimum absolute atomic E-state index is 0.000278. The van der Waals surface area contributed by atoms with E-state index in [4.69, 9.17) is 23.2 Å². The van der Waals surface area contributed by atoms with Crippen molar-refractivity contribution in [2.45, 2.75) is 18.4 Å². The van der Waals surface area contributed by atoms with Crippen LogP contribution in [0.25, 0.3) is 0 Å². The summed E-state index contributed by atoms with van der Waals surface area (Å²) in [5.74, 6) is -0.551. The number of aliphatic hydroxyl groups is 1. The van der Waals surface area contributed by atoms with Gasteiger partial charge in [0.15, 0.2) is 0 Å². The van der Waals surface area contributed by atoms with E-state index in [1.807, 2.05) is 0 Å². The van der Waals surface area contributed by atoms with Crippen LogP contribution >= 0.6 is 23.2 Å². The van der Waals surface area contributed by atoms with Gasteiger partial charge in [0.2, 0.25) is 0 Å². The zero-order valence-electron chi connectivity index (χ0n) is 15.8. The lowest BCUT2D eigenvalue weighted by Gasteiger charge is -2.15. The molecule has 156 valence electrons. The molecule has 0 unspecified atom stereocenters. The van der Waals surface area contributed by atoms with Crippen molar-refractivity contribution in [1.82, 2.24) is 0 Å². The van der Waals surface area contributed by atoms with Gasteiger partial charge in [0.05, 0.1) is 22.8 Å². The first-order valence-electron chi connectivity index (χ1n) is 8.80. The molecule has 0 radical (unpaired) electrons. The Hall–Kier alpha value is -2.58. The number of nitrogens with one attached hydrogen (secondary N) is 2. The molecule has 0 aliphatic heterocycles. The molecule has 0 aromatic heterocycles. The van der Waals surface area contributed by atoms with Gasteiger partial charge >= 0.3 is 0 Å². The number of anilines is 2. The third kappa shape index (κ3) is 4.94. The molecule has 9 heteroatoms. The molecule has 0 heterocycles. The van der Waals surface area contributed by atoms with E-state index in [1.54, 1.807) is 25.1 Å². The van der Waals surface area contributed by atoms with Crippen LogP contribution in [-0.4, -0.2) is 19.4 Å². The minimum atomic E-state index is -3.96. The number of benzene rings is 3. The van der Waals surface area contributed by atoms with Crippen LogP contribution in [0.1, 0.15) is 21.5 Å². The fourth-order valence-corrected chi connectivity index (χ4v) is 4.17. The van der Waals surface area contributed by atoms with Gasteiger partial charge in [-0.15, -0.1) is 0 Å². The largest absolute Gasteiger partial charge is 0.392 e. The van der Waals surface area contributed by atoms with Crippen LogP contribution in [0.4, 0.5) is 11.4 Å². The molecule has 0 saturated carbocycles. The van der Waals surface area contributed by atoms with Crippen LogP contribution in [0.5, 0.6) is 0 Å². The minimum Gasteiger partial charge on any atom is -0.392 e. The van der Waals surface area contributed by atoms with E-state index < -0.39 is 15.9 Å². The highest BCUT2D eigenvalue weighted by molar-refractivity contribution is 7.92. The van der Waals surface area contributed by atoms with E-state index in [-0.39, 0.29) is 27.8 Å². The predicted octanol–water partition coefficient (Wildman–Crippen LogP) is 4.85. The van der Waals surface area contributed by atoms with Crippen LogP contribution in [0.2, 0.25) is 10.0 Å². The second kappa shape index (κ2) is 9.06. The SMILES string of the molecule is Cc1c(CO)cccc1NC(=O)c1cc(Cl)ccc1NS(=O)(=O)c1ccc(Cl)cc1. The Balaban J connectivity index is 1.94. The smallest absolute Gasteiger partial charge is 0.261 e. The van der Waals surface area contributed by atoms with E-state index in [2.05, 4.69) is 10.0 Å². The number of sulfonamides is 1. The highest BCUT2D eigenvalue weighted by atomic mass is 35.5. The Morgan fingerprint density at radius 2 is 1.63 bits per heavy atom. The van der Waals surface area contributed by atoms with Crippen molar-refractivity contribution in [1.29, 1.82) is 0 Å². The molecule has 3 aromatic carbocycles. The maximum Gasteiger partial charge on any atom is 0.261 e. The third-order valence-electron chi connectivity index (χ3n) is 4.46. The van der Waals surface area contributed by atoms with E-state index in [0.29, 0.717) is 21.8 Å². The summed E-state index contributed by atoms with van der Waals surface area (Å²) in [6, 6.07) is 15.1. The van der Waals surface area contributed by atoms with Gasteiger partial charge in [-0.25, -0.2) is 8.42 Å². The lowest BCUT2D eigenvalue weighted by atomic mass is 10.1. The number of hydrogen-bond acceptors (Lipinski definition) is 4. The average molecular weight is 465 g/mol. The van der Waals surface area contributed by atoms with Gasteiger partial charge in [-0.3, -0.25) is 9.52 Å². The Labute approximate surface area is 184 Å². The zero-order valence-corrected chi connectivity index (χ0v) is 18.1.